The average Bonchev–Trinajstić information content (AvgIpc) is 2.93. The lowest BCUT2D eigenvalue weighted by Crippen LogP contribution is -2.16. The Hall–Kier alpha value is -3.11. The minimum absolute atomic E-state index is 0.0530. The van der Waals surface area contributed by atoms with Crippen LogP contribution in [0.1, 0.15) is 11.4 Å². The van der Waals surface area contributed by atoms with Crippen molar-refractivity contribution in [1.29, 1.82) is 0 Å². The number of nitrogens with zero attached hydrogens (tertiary/aromatic N) is 6. The van der Waals surface area contributed by atoms with Gasteiger partial charge in [0, 0.05) is 5.69 Å². The molecule has 0 aliphatic rings. The van der Waals surface area contributed by atoms with Crippen LogP contribution in [0, 0.1) is 12.7 Å². The highest BCUT2D eigenvalue weighted by molar-refractivity contribution is 5.51. The molecule has 0 aliphatic heterocycles. The fraction of sp³-hybridized carbons (Fsp3) is 0.154. The number of rotatable bonds is 3. The summed E-state index contributed by atoms with van der Waals surface area (Å²) >= 11 is 0. The van der Waals surface area contributed by atoms with Gasteiger partial charge in [0.1, 0.15) is 5.82 Å². The van der Waals surface area contributed by atoms with Gasteiger partial charge in [-0.2, -0.15) is 23.0 Å². The van der Waals surface area contributed by atoms with E-state index in [4.69, 9.17) is 0 Å². The van der Waals surface area contributed by atoms with E-state index in [0.29, 0.717) is 10.4 Å². The number of hydrogen-bond donors (Lipinski definition) is 1. The van der Waals surface area contributed by atoms with Gasteiger partial charge in [-0.3, -0.25) is 0 Å². The van der Waals surface area contributed by atoms with Gasteiger partial charge < -0.3 is 5.32 Å². The summed E-state index contributed by atoms with van der Waals surface area (Å²) in [6.45, 7) is 1.41. The van der Waals surface area contributed by atoms with Gasteiger partial charge in [-0.25, -0.2) is 4.39 Å². The molecule has 0 spiro atoms. The molecule has 0 atom stereocenters. The SMILES string of the molecule is Cc1cc(C(F)(F)F)n(-c2nnc(Nc3ccc(F)cc3)nn2)n1. The summed E-state index contributed by atoms with van der Waals surface area (Å²) in [5, 5.41) is 20.9. The van der Waals surface area contributed by atoms with Gasteiger partial charge in [-0.1, -0.05) is 0 Å². The average molecular weight is 339 g/mol. The lowest BCUT2D eigenvalue weighted by Gasteiger charge is -2.08. The predicted octanol–water partition coefficient (Wildman–Crippen LogP) is 2.66. The third-order valence-electron chi connectivity index (χ3n) is 2.88. The Morgan fingerprint density at radius 2 is 1.62 bits per heavy atom. The largest absolute Gasteiger partial charge is 0.433 e. The normalized spacial score (nSPS) is 11.5. The first kappa shape index (κ1) is 15.8. The molecule has 0 saturated heterocycles. The first-order chi connectivity index (χ1) is 11.3. The first-order valence-corrected chi connectivity index (χ1v) is 6.57. The third-order valence-corrected chi connectivity index (χ3v) is 2.88. The molecule has 24 heavy (non-hydrogen) atoms. The van der Waals surface area contributed by atoms with E-state index in [1.165, 1.54) is 31.2 Å². The lowest BCUT2D eigenvalue weighted by molar-refractivity contribution is -0.143. The maximum atomic E-state index is 12.9. The van der Waals surface area contributed by atoms with Crippen molar-refractivity contribution >= 4 is 11.6 Å². The second-order valence-electron chi connectivity index (χ2n) is 4.74. The van der Waals surface area contributed by atoms with Gasteiger partial charge in [0.05, 0.1) is 5.69 Å². The molecule has 3 rings (SSSR count). The molecule has 0 aliphatic carbocycles. The summed E-state index contributed by atoms with van der Waals surface area (Å²) in [6.07, 6.45) is -4.62. The maximum absolute atomic E-state index is 12.9. The Morgan fingerprint density at radius 3 is 2.21 bits per heavy atom. The van der Waals surface area contributed by atoms with Crippen molar-refractivity contribution in [3.63, 3.8) is 0 Å². The van der Waals surface area contributed by atoms with Crippen LogP contribution in [0.15, 0.2) is 30.3 Å². The van der Waals surface area contributed by atoms with Crippen LogP contribution in [-0.4, -0.2) is 30.2 Å². The van der Waals surface area contributed by atoms with Crippen molar-refractivity contribution < 1.29 is 17.6 Å². The quantitative estimate of drug-likeness (QED) is 0.739. The fourth-order valence-corrected chi connectivity index (χ4v) is 1.88. The van der Waals surface area contributed by atoms with E-state index in [1.54, 1.807) is 0 Å². The van der Waals surface area contributed by atoms with Crippen molar-refractivity contribution in [3.05, 3.63) is 47.5 Å². The van der Waals surface area contributed by atoms with Crippen molar-refractivity contribution in [2.75, 3.05) is 5.32 Å². The zero-order valence-electron chi connectivity index (χ0n) is 12.1. The van der Waals surface area contributed by atoms with E-state index in [0.717, 1.165) is 6.07 Å². The Morgan fingerprint density at radius 1 is 1.00 bits per heavy atom. The zero-order chi connectivity index (χ0) is 17.3. The standard InChI is InChI=1S/C13H9F4N7/c1-7-6-10(13(15,16)17)24(23-7)12-21-19-11(20-22-12)18-9-4-2-8(14)3-5-9/h2-6H,1H3,(H,18,19,20). The summed E-state index contributed by atoms with van der Waals surface area (Å²) in [5.41, 5.74) is -0.402. The van der Waals surface area contributed by atoms with Gasteiger partial charge in [-0.05, 0) is 37.3 Å². The summed E-state index contributed by atoms with van der Waals surface area (Å²) in [5.74, 6) is -0.885. The number of aromatic nitrogens is 6. The van der Waals surface area contributed by atoms with E-state index in [2.05, 4.69) is 30.8 Å². The third kappa shape index (κ3) is 3.29. The van der Waals surface area contributed by atoms with Gasteiger partial charge in [0.15, 0.2) is 5.69 Å². The number of aryl methyl sites for hydroxylation is 1. The topological polar surface area (TPSA) is 81.4 Å². The van der Waals surface area contributed by atoms with E-state index in [1.807, 2.05) is 0 Å². The molecule has 3 aromatic rings. The predicted molar refractivity (Wildman–Crippen MR) is 74.2 cm³/mol. The Kier molecular flexibility index (Phi) is 3.83. The van der Waals surface area contributed by atoms with E-state index < -0.39 is 23.6 Å². The molecule has 0 bridgehead atoms. The van der Waals surface area contributed by atoms with Crippen LogP contribution in [0.25, 0.3) is 5.95 Å². The first-order valence-electron chi connectivity index (χ1n) is 6.57. The highest BCUT2D eigenvalue weighted by Gasteiger charge is 2.36. The van der Waals surface area contributed by atoms with Crippen LogP contribution in [0.2, 0.25) is 0 Å². The van der Waals surface area contributed by atoms with Crippen LogP contribution in [0.3, 0.4) is 0 Å². The second-order valence-corrected chi connectivity index (χ2v) is 4.74. The summed E-state index contributed by atoms with van der Waals surface area (Å²) in [6, 6.07) is 6.18. The number of nitrogens with one attached hydrogen (secondary N) is 1. The monoisotopic (exact) mass is 339 g/mol. The summed E-state index contributed by atoms with van der Waals surface area (Å²) in [7, 11) is 0. The number of anilines is 2. The molecular formula is C13H9F4N7. The Balaban J connectivity index is 1.86. The molecule has 0 fully saturated rings. The second kappa shape index (κ2) is 5.83. The molecule has 0 unspecified atom stereocenters. The molecule has 0 saturated carbocycles. The van der Waals surface area contributed by atoms with Crippen LogP contribution in [-0.2, 0) is 6.18 Å². The van der Waals surface area contributed by atoms with Crippen molar-refractivity contribution in [2.24, 2.45) is 0 Å². The van der Waals surface area contributed by atoms with E-state index in [9.17, 15) is 17.6 Å². The molecular weight excluding hydrogens is 330 g/mol. The molecule has 0 radical (unpaired) electrons. The number of hydrogen-bond acceptors (Lipinski definition) is 6. The van der Waals surface area contributed by atoms with Gasteiger partial charge in [0.2, 0.25) is 0 Å². The Bertz CT molecular complexity index is 840. The van der Waals surface area contributed by atoms with E-state index in [-0.39, 0.29) is 11.6 Å². The summed E-state index contributed by atoms with van der Waals surface area (Å²) in [4.78, 5) is 0. The van der Waals surface area contributed by atoms with E-state index >= 15 is 0 Å². The summed E-state index contributed by atoms with van der Waals surface area (Å²) < 4.78 is 52.2. The zero-order valence-corrected chi connectivity index (χ0v) is 12.1. The van der Waals surface area contributed by atoms with Gasteiger partial charge in [-0.15, -0.1) is 20.4 Å². The van der Waals surface area contributed by atoms with Gasteiger partial charge >= 0.3 is 6.18 Å². The van der Waals surface area contributed by atoms with Crippen molar-refractivity contribution in [3.8, 4) is 5.95 Å². The molecule has 7 nitrogen and oxygen atoms in total. The van der Waals surface area contributed by atoms with Crippen LogP contribution < -0.4 is 5.32 Å². The van der Waals surface area contributed by atoms with Crippen LogP contribution in [0.5, 0.6) is 0 Å². The highest BCUT2D eigenvalue weighted by atomic mass is 19.4. The number of benzene rings is 1. The number of alkyl halides is 3. The molecule has 2 aromatic heterocycles. The minimum Gasteiger partial charge on any atom is -0.322 e. The number of halogens is 4. The highest BCUT2D eigenvalue weighted by Crippen LogP contribution is 2.30. The van der Waals surface area contributed by atoms with Gasteiger partial charge in [0.25, 0.3) is 11.9 Å². The smallest absolute Gasteiger partial charge is 0.322 e. The maximum Gasteiger partial charge on any atom is 0.433 e. The molecule has 1 aromatic carbocycles. The fourth-order valence-electron chi connectivity index (χ4n) is 1.88. The minimum atomic E-state index is -4.62. The molecule has 2 heterocycles. The molecule has 124 valence electrons. The molecule has 0 amide bonds. The van der Waals surface area contributed by atoms with Crippen LogP contribution in [0.4, 0.5) is 29.2 Å². The Labute approximate surface area is 132 Å². The van der Waals surface area contributed by atoms with Crippen molar-refractivity contribution in [1.82, 2.24) is 30.2 Å². The molecule has 1 N–H and O–H groups in total. The van der Waals surface area contributed by atoms with Crippen LogP contribution >= 0.6 is 0 Å². The van der Waals surface area contributed by atoms with Crippen molar-refractivity contribution in [2.45, 2.75) is 13.1 Å². The lowest BCUT2D eigenvalue weighted by atomic mass is 10.3. The molecule has 11 heteroatoms.